The number of methoxy groups -OCH3 is 1. The molecule has 0 saturated heterocycles. The van der Waals surface area contributed by atoms with Gasteiger partial charge in [-0.25, -0.2) is 0 Å². The first kappa shape index (κ1) is 13.6. The summed E-state index contributed by atoms with van der Waals surface area (Å²) in [6.45, 7) is 1.93. The topological polar surface area (TPSA) is 26.3 Å². The van der Waals surface area contributed by atoms with Gasteiger partial charge in [0.05, 0.1) is 0 Å². The number of benzene rings is 1. The molecular weight excluding hydrogens is 248 g/mol. The van der Waals surface area contributed by atoms with E-state index in [4.69, 9.17) is 16.3 Å². The average molecular weight is 267 g/mol. The molecule has 1 aliphatic carbocycles. The van der Waals surface area contributed by atoms with Gasteiger partial charge in [-0.05, 0) is 31.4 Å². The Morgan fingerprint density at radius 3 is 2.50 bits per heavy atom. The van der Waals surface area contributed by atoms with Crippen molar-refractivity contribution in [2.45, 2.75) is 44.6 Å². The summed E-state index contributed by atoms with van der Waals surface area (Å²) < 4.78 is 5.57. The van der Waals surface area contributed by atoms with Crippen LogP contribution in [0.5, 0.6) is 0 Å². The molecule has 0 N–H and O–H groups in total. The molecule has 0 spiro atoms. The van der Waals surface area contributed by atoms with Crippen molar-refractivity contribution in [3.63, 3.8) is 0 Å². The minimum atomic E-state index is -0.628. The van der Waals surface area contributed by atoms with Gasteiger partial charge in [-0.1, -0.05) is 43.0 Å². The zero-order valence-electron chi connectivity index (χ0n) is 11.0. The van der Waals surface area contributed by atoms with E-state index < -0.39 is 5.60 Å². The number of hydrogen-bond acceptors (Lipinski definition) is 2. The molecule has 1 fully saturated rings. The maximum atomic E-state index is 12.6. The summed E-state index contributed by atoms with van der Waals surface area (Å²) in [5.41, 5.74) is 1.02. The summed E-state index contributed by atoms with van der Waals surface area (Å²) in [4.78, 5) is 12.6. The van der Waals surface area contributed by atoms with Crippen LogP contribution in [-0.2, 0) is 4.74 Å². The highest BCUT2D eigenvalue weighted by atomic mass is 35.5. The summed E-state index contributed by atoms with van der Waals surface area (Å²) in [5.74, 6) is 0.0756. The Morgan fingerprint density at radius 2 is 1.94 bits per heavy atom. The van der Waals surface area contributed by atoms with Crippen LogP contribution in [0.4, 0.5) is 0 Å². The molecule has 0 radical (unpaired) electrons. The minimum absolute atomic E-state index is 0.0756. The second kappa shape index (κ2) is 5.41. The first-order valence-electron chi connectivity index (χ1n) is 6.45. The number of Topliss-reactive ketones (excluding diaryl/α,β-unsaturated/α-hetero) is 1. The second-order valence-electron chi connectivity index (χ2n) is 5.05. The molecule has 0 amide bonds. The lowest BCUT2D eigenvalue weighted by Crippen LogP contribution is -2.42. The SMILES string of the molecule is COC1(C(=O)c2ccc(C)c(Cl)c2)CCCCC1. The van der Waals surface area contributed by atoms with Crippen LogP contribution < -0.4 is 0 Å². The van der Waals surface area contributed by atoms with E-state index in [2.05, 4.69) is 0 Å². The van der Waals surface area contributed by atoms with Gasteiger partial charge >= 0.3 is 0 Å². The van der Waals surface area contributed by atoms with E-state index in [1.54, 1.807) is 13.2 Å². The van der Waals surface area contributed by atoms with Gasteiger partial charge in [-0.2, -0.15) is 0 Å². The van der Waals surface area contributed by atoms with Gasteiger partial charge in [0.1, 0.15) is 5.60 Å². The summed E-state index contributed by atoms with van der Waals surface area (Å²) in [6, 6.07) is 5.50. The Kier molecular flexibility index (Phi) is 4.08. The monoisotopic (exact) mass is 266 g/mol. The van der Waals surface area contributed by atoms with E-state index in [1.165, 1.54) is 6.42 Å². The van der Waals surface area contributed by atoms with Gasteiger partial charge in [-0.15, -0.1) is 0 Å². The Balaban J connectivity index is 2.30. The highest BCUT2D eigenvalue weighted by molar-refractivity contribution is 6.31. The van der Waals surface area contributed by atoms with Crippen molar-refractivity contribution in [3.8, 4) is 0 Å². The van der Waals surface area contributed by atoms with Crippen molar-refractivity contribution in [2.24, 2.45) is 0 Å². The molecule has 18 heavy (non-hydrogen) atoms. The molecular formula is C15H19ClO2. The van der Waals surface area contributed by atoms with Gasteiger partial charge in [-0.3, -0.25) is 4.79 Å². The fourth-order valence-electron chi connectivity index (χ4n) is 2.64. The van der Waals surface area contributed by atoms with Crippen LogP contribution in [0.2, 0.25) is 5.02 Å². The molecule has 1 saturated carbocycles. The van der Waals surface area contributed by atoms with Gasteiger partial charge in [0.25, 0.3) is 0 Å². The van der Waals surface area contributed by atoms with E-state index in [0.717, 1.165) is 31.2 Å². The van der Waals surface area contributed by atoms with Gasteiger partial charge < -0.3 is 4.74 Å². The molecule has 3 heteroatoms. The highest BCUT2D eigenvalue weighted by Gasteiger charge is 2.39. The number of rotatable bonds is 3. The molecule has 0 aromatic heterocycles. The number of halogens is 1. The zero-order valence-corrected chi connectivity index (χ0v) is 11.7. The molecule has 1 aliphatic rings. The summed E-state index contributed by atoms with van der Waals surface area (Å²) in [5, 5.41) is 0.642. The van der Waals surface area contributed by atoms with Crippen molar-refractivity contribution in [2.75, 3.05) is 7.11 Å². The molecule has 98 valence electrons. The van der Waals surface area contributed by atoms with Gasteiger partial charge in [0, 0.05) is 17.7 Å². The van der Waals surface area contributed by atoms with Crippen LogP contribution >= 0.6 is 11.6 Å². The van der Waals surface area contributed by atoms with E-state index in [9.17, 15) is 4.79 Å². The predicted molar refractivity (Wildman–Crippen MR) is 73.3 cm³/mol. The second-order valence-corrected chi connectivity index (χ2v) is 5.46. The molecule has 0 atom stereocenters. The van der Waals surface area contributed by atoms with Crippen molar-refractivity contribution in [1.29, 1.82) is 0 Å². The Bertz CT molecular complexity index is 448. The Labute approximate surface area is 113 Å². The lowest BCUT2D eigenvalue weighted by atomic mass is 9.79. The third-order valence-electron chi connectivity index (χ3n) is 3.90. The number of ketones is 1. The van der Waals surface area contributed by atoms with Crippen LogP contribution in [0.25, 0.3) is 0 Å². The molecule has 0 unspecified atom stereocenters. The molecule has 0 aliphatic heterocycles. The van der Waals surface area contributed by atoms with Crippen LogP contribution in [0, 0.1) is 6.92 Å². The van der Waals surface area contributed by atoms with Crippen LogP contribution in [-0.4, -0.2) is 18.5 Å². The lowest BCUT2D eigenvalue weighted by molar-refractivity contribution is -0.0194. The maximum Gasteiger partial charge on any atom is 0.194 e. The standard InChI is InChI=1S/C15H19ClO2/c1-11-6-7-12(10-13(11)16)14(17)15(18-2)8-4-3-5-9-15/h6-7,10H,3-5,8-9H2,1-2H3. The van der Waals surface area contributed by atoms with Crippen LogP contribution in [0.1, 0.15) is 48.0 Å². The molecule has 2 rings (SSSR count). The Hall–Kier alpha value is -0.860. The minimum Gasteiger partial charge on any atom is -0.370 e. The number of aryl methyl sites for hydroxylation is 1. The summed E-state index contributed by atoms with van der Waals surface area (Å²) in [7, 11) is 1.64. The van der Waals surface area contributed by atoms with Crippen molar-refractivity contribution in [3.05, 3.63) is 34.3 Å². The average Bonchev–Trinajstić information content (AvgIpc) is 2.42. The quantitative estimate of drug-likeness (QED) is 0.767. The summed E-state index contributed by atoms with van der Waals surface area (Å²) >= 11 is 6.09. The fourth-order valence-corrected chi connectivity index (χ4v) is 2.82. The molecule has 2 nitrogen and oxygen atoms in total. The third-order valence-corrected chi connectivity index (χ3v) is 4.31. The normalized spacial score (nSPS) is 18.6. The Morgan fingerprint density at radius 1 is 1.28 bits per heavy atom. The summed E-state index contributed by atoms with van der Waals surface area (Å²) in [6.07, 6.45) is 4.92. The van der Waals surface area contributed by atoms with E-state index in [-0.39, 0.29) is 5.78 Å². The fraction of sp³-hybridized carbons (Fsp3) is 0.533. The van der Waals surface area contributed by atoms with Crippen molar-refractivity contribution < 1.29 is 9.53 Å². The smallest absolute Gasteiger partial charge is 0.194 e. The molecule has 0 heterocycles. The van der Waals surface area contributed by atoms with Gasteiger partial charge in [0.2, 0.25) is 0 Å². The van der Waals surface area contributed by atoms with Crippen LogP contribution in [0.3, 0.4) is 0 Å². The van der Waals surface area contributed by atoms with Crippen LogP contribution in [0.15, 0.2) is 18.2 Å². The number of ether oxygens (including phenoxy) is 1. The number of carbonyl (C=O) groups is 1. The molecule has 1 aromatic carbocycles. The number of hydrogen-bond donors (Lipinski definition) is 0. The van der Waals surface area contributed by atoms with Crippen molar-refractivity contribution >= 4 is 17.4 Å². The lowest BCUT2D eigenvalue weighted by Gasteiger charge is -2.34. The largest absolute Gasteiger partial charge is 0.370 e. The first-order chi connectivity index (χ1) is 8.59. The van der Waals surface area contributed by atoms with E-state index >= 15 is 0 Å². The predicted octanol–water partition coefficient (Wildman–Crippen LogP) is 4.18. The zero-order chi connectivity index (χ0) is 13.2. The molecule has 0 bridgehead atoms. The highest BCUT2D eigenvalue weighted by Crippen LogP contribution is 2.34. The van der Waals surface area contributed by atoms with Gasteiger partial charge in [0.15, 0.2) is 5.78 Å². The number of carbonyl (C=O) groups excluding carboxylic acids is 1. The van der Waals surface area contributed by atoms with E-state index in [1.807, 2.05) is 19.1 Å². The maximum absolute atomic E-state index is 12.6. The van der Waals surface area contributed by atoms with Crippen molar-refractivity contribution in [1.82, 2.24) is 0 Å². The first-order valence-corrected chi connectivity index (χ1v) is 6.83. The third kappa shape index (κ3) is 2.45. The molecule has 1 aromatic rings. The van der Waals surface area contributed by atoms with E-state index in [0.29, 0.717) is 10.6 Å².